The monoisotopic (exact) mass is 354 g/mol. The number of carbonyl (C=O) groups is 2. The Balaban J connectivity index is 1.76. The zero-order valence-corrected chi connectivity index (χ0v) is 15.1. The Kier molecular flexibility index (Phi) is 4.81. The molecule has 0 unspecified atom stereocenters. The summed E-state index contributed by atoms with van der Waals surface area (Å²) in [7, 11) is 0. The molecule has 0 atom stereocenters. The first-order valence-corrected chi connectivity index (χ1v) is 8.66. The number of benzene rings is 2. The second-order valence-corrected chi connectivity index (χ2v) is 6.80. The number of carbonyl (C=O) groups excluding carboxylic acids is 2. The highest BCUT2D eigenvalue weighted by atomic mass is 32.1. The number of anilines is 1. The highest BCUT2D eigenvalue weighted by molar-refractivity contribution is 7.18. The number of rotatable bonds is 4. The molecule has 0 saturated heterocycles. The topological polar surface area (TPSA) is 59.5 Å². The molecule has 0 fully saturated rings. The van der Waals surface area contributed by atoms with Crippen molar-refractivity contribution in [1.29, 1.82) is 0 Å². The lowest BCUT2D eigenvalue weighted by Gasteiger charge is -2.20. The molecule has 0 aliphatic heterocycles. The number of imide groups is 1. The molecule has 25 heavy (non-hydrogen) atoms. The van der Waals surface area contributed by atoms with Crippen LogP contribution in [0.15, 0.2) is 42.5 Å². The zero-order valence-electron chi connectivity index (χ0n) is 14.3. The van der Waals surface area contributed by atoms with Gasteiger partial charge in [0.25, 0.3) is 0 Å². The van der Waals surface area contributed by atoms with Crippen LogP contribution >= 0.6 is 11.3 Å². The fraction of sp³-hybridized carbons (Fsp3) is 0.211. The summed E-state index contributed by atoms with van der Waals surface area (Å²) >= 11 is 1.60. The normalized spacial score (nSPS) is 10.7. The first kappa shape index (κ1) is 17.1. The van der Waals surface area contributed by atoms with Gasteiger partial charge >= 0.3 is 0 Å². The molecule has 0 aliphatic rings. The van der Waals surface area contributed by atoms with E-state index >= 15 is 0 Å². The average molecular weight is 354 g/mol. The molecule has 0 saturated carbocycles. The Morgan fingerprint density at radius 2 is 1.84 bits per heavy atom. The summed E-state index contributed by atoms with van der Waals surface area (Å²) < 4.78 is 6.95. The van der Waals surface area contributed by atoms with E-state index in [4.69, 9.17) is 4.74 Å². The Morgan fingerprint density at radius 3 is 2.48 bits per heavy atom. The van der Waals surface area contributed by atoms with Gasteiger partial charge in [-0.1, -0.05) is 12.1 Å². The number of hydrogen-bond acceptors (Lipinski definition) is 5. The van der Waals surface area contributed by atoms with Gasteiger partial charge in [-0.2, -0.15) is 0 Å². The van der Waals surface area contributed by atoms with Crippen LogP contribution in [0.2, 0.25) is 0 Å². The van der Waals surface area contributed by atoms with E-state index in [0.29, 0.717) is 18.0 Å². The molecule has 0 spiro atoms. The standard InChI is InChI=1S/C19H18N2O3S/c1-12-10-15(8-9-17(12)21(13(2)22)14(3)23)24-11-19-20-16-6-4-5-7-18(16)25-19/h4-10H,11H2,1-3H3. The summed E-state index contributed by atoms with van der Waals surface area (Å²) in [5, 5.41) is 0.900. The number of nitrogens with zero attached hydrogens (tertiary/aromatic N) is 2. The van der Waals surface area contributed by atoms with Crippen molar-refractivity contribution in [2.24, 2.45) is 0 Å². The van der Waals surface area contributed by atoms with E-state index in [0.717, 1.165) is 25.7 Å². The number of hydrogen-bond donors (Lipinski definition) is 0. The number of para-hydroxylation sites is 1. The molecule has 2 aromatic carbocycles. The van der Waals surface area contributed by atoms with Gasteiger partial charge in [-0.25, -0.2) is 4.98 Å². The van der Waals surface area contributed by atoms with Gasteiger partial charge in [0.1, 0.15) is 17.4 Å². The molecule has 0 aliphatic carbocycles. The van der Waals surface area contributed by atoms with Gasteiger partial charge in [0.05, 0.1) is 15.9 Å². The highest BCUT2D eigenvalue weighted by Gasteiger charge is 2.18. The number of aromatic nitrogens is 1. The summed E-state index contributed by atoms with van der Waals surface area (Å²) in [5.74, 6) is 0.0602. The summed E-state index contributed by atoms with van der Waals surface area (Å²) in [4.78, 5) is 29.1. The second kappa shape index (κ2) is 7.03. The average Bonchev–Trinajstić information content (AvgIpc) is 2.97. The Morgan fingerprint density at radius 1 is 1.12 bits per heavy atom. The number of thiazole rings is 1. The predicted octanol–water partition coefficient (Wildman–Crippen LogP) is 4.08. The summed E-state index contributed by atoms with van der Waals surface area (Å²) in [6, 6.07) is 13.3. The van der Waals surface area contributed by atoms with Crippen molar-refractivity contribution < 1.29 is 14.3 Å². The molecule has 5 nitrogen and oxygen atoms in total. The lowest BCUT2D eigenvalue weighted by Crippen LogP contribution is -2.33. The largest absolute Gasteiger partial charge is 0.486 e. The number of ether oxygens (including phenoxy) is 1. The van der Waals surface area contributed by atoms with Gasteiger partial charge in [0, 0.05) is 13.8 Å². The quantitative estimate of drug-likeness (QED) is 0.708. The van der Waals surface area contributed by atoms with E-state index in [-0.39, 0.29) is 11.8 Å². The van der Waals surface area contributed by atoms with Gasteiger partial charge < -0.3 is 4.74 Å². The lowest BCUT2D eigenvalue weighted by atomic mass is 10.1. The van der Waals surface area contributed by atoms with E-state index in [1.54, 1.807) is 23.5 Å². The number of amides is 2. The molecule has 1 aromatic heterocycles. The second-order valence-electron chi connectivity index (χ2n) is 5.69. The van der Waals surface area contributed by atoms with Crippen molar-refractivity contribution >= 4 is 39.1 Å². The minimum atomic E-state index is -0.307. The van der Waals surface area contributed by atoms with Crippen LogP contribution in [0.3, 0.4) is 0 Å². The van der Waals surface area contributed by atoms with E-state index in [1.807, 2.05) is 37.3 Å². The van der Waals surface area contributed by atoms with Crippen molar-refractivity contribution in [3.05, 3.63) is 53.0 Å². The Bertz CT molecular complexity index is 902. The molecule has 6 heteroatoms. The first-order chi connectivity index (χ1) is 12.0. The van der Waals surface area contributed by atoms with Crippen molar-refractivity contribution in [3.63, 3.8) is 0 Å². The van der Waals surface area contributed by atoms with E-state index in [2.05, 4.69) is 4.98 Å². The van der Waals surface area contributed by atoms with Gasteiger partial charge in [-0.3, -0.25) is 14.5 Å². The van der Waals surface area contributed by atoms with Crippen molar-refractivity contribution in [2.45, 2.75) is 27.4 Å². The van der Waals surface area contributed by atoms with E-state index < -0.39 is 0 Å². The molecular weight excluding hydrogens is 336 g/mol. The Labute approximate surface area is 149 Å². The van der Waals surface area contributed by atoms with Gasteiger partial charge in [-0.15, -0.1) is 11.3 Å². The van der Waals surface area contributed by atoms with Crippen LogP contribution in [0, 0.1) is 6.92 Å². The molecule has 0 radical (unpaired) electrons. The molecule has 1 heterocycles. The third kappa shape index (κ3) is 3.69. The maximum atomic E-state index is 11.7. The van der Waals surface area contributed by atoms with Crippen LogP contribution in [-0.4, -0.2) is 16.8 Å². The Hall–Kier alpha value is -2.73. The SMILES string of the molecule is CC(=O)N(C(C)=O)c1ccc(OCc2nc3ccccc3s2)cc1C. The minimum Gasteiger partial charge on any atom is -0.486 e. The van der Waals surface area contributed by atoms with Crippen LogP contribution in [0.5, 0.6) is 5.75 Å². The maximum absolute atomic E-state index is 11.7. The smallest absolute Gasteiger partial charge is 0.230 e. The molecule has 3 rings (SSSR count). The first-order valence-electron chi connectivity index (χ1n) is 7.85. The van der Waals surface area contributed by atoms with Crippen LogP contribution in [0.25, 0.3) is 10.2 Å². The third-order valence-corrected chi connectivity index (χ3v) is 4.75. The molecule has 2 amide bonds. The van der Waals surface area contributed by atoms with Gasteiger partial charge in [-0.05, 0) is 42.8 Å². The van der Waals surface area contributed by atoms with Crippen LogP contribution in [0.4, 0.5) is 5.69 Å². The number of aryl methyl sites for hydroxylation is 1. The summed E-state index contributed by atoms with van der Waals surface area (Å²) in [6.45, 7) is 4.97. The van der Waals surface area contributed by atoms with Crippen LogP contribution < -0.4 is 9.64 Å². The molecular formula is C19H18N2O3S. The van der Waals surface area contributed by atoms with Crippen LogP contribution in [0.1, 0.15) is 24.4 Å². The third-order valence-electron chi connectivity index (χ3n) is 3.74. The van der Waals surface area contributed by atoms with Crippen molar-refractivity contribution in [1.82, 2.24) is 4.98 Å². The fourth-order valence-electron chi connectivity index (χ4n) is 2.66. The minimum absolute atomic E-state index is 0.307. The molecule has 0 bridgehead atoms. The maximum Gasteiger partial charge on any atom is 0.230 e. The fourth-order valence-corrected chi connectivity index (χ4v) is 3.54. The molecule has 3 aromatic rings. The van der Waals surface area contributed by atoms with Crippen LogP contribution in [-0.2, 0) is 16.2 Å². The van der Waals surface area contributed by atoms with E-state index in [9.17, 15) is 9.59 Å². The molecule has 0 N–H and O–H groups in total. The van der Waals surface area contributed by atoms with Crippen molar-refractivity contribution in [3.8, 4) is 5.75 Å². The lowest BCUT2D eigenvalue weighted by molar-refractivity contribution is -0.124. The van der Waals surface area contributed by atoms with E-state index in [1.165, 1.54) is 13.8 Å². The van der Waals surface area contributed by atoms with Gasteiger partial charge in [0.2, 0.25) is 11.8 Å². The number of fused-ring (bicyclic) bond motifs is 1. The predicted molar refractivity (Wildman–Crippen MR) is 99.0 cm³/mol. The highest BCUT2D eigenvalue weighted by Crippen LogP contribution is 2.27. The van der Waals surface area contributed by atoms with Crippen molar-refractivity contribution in [2.75, 3.05) is 4.90 Å². The molecule has 128 valence electrons. The summed E-state index contributed by atoms with van der Waals surface area (Å²) in [5.41, 5.74) is 2.34. The zero-order chi connectivity index (χ0) is 18.0. The van der Waals surface area contributed by atoms with Gasteiger partial charge in [0.15, 0.2) is 0 Å². The summed E-state index contributed by atoms with van der Waals surface area (Å²) in [6.07, 6.45) is 0.